The molecule has 0 aliphatic heterocycles. The molecule has 9 nitrogen and oxygen atoms in total. The van der Waals surface area contributed by atoms with E-state index >= 15 is 0 Å². The van der Waals surface area contributed by atoms with E-state index in [1.165, 1.54) is 0 Å². The van der Waals surface area contributed by atoms with E-state index in [2.05, 4.69) is 29.5 Å². The van der Waals surface area contributed by atoms with Crippen LogP contribution in [0.25, 0.3) is 11.0 Å². The smallest absolute Gasteiger partial charge is 0.247 e. The predicted molar refractivity (Wildman–Crippen MR) is 129 cm³/mol. The average molecular weight is 468 g/mol. The number of hydrogen-bond acceptors (Lipinski definition) is 6. The minimum absolute atomic E-state index is 0.0516. The number of rotatable bonds is 12. The summed E-state index contributed by atoms with van der Waals surface area (Å²) in [6.45, 7) is 5.19. The van der Waals surface area contributed by atoms with E-state index < -0.39 is 6.04 Å². The van der Waals surface area contributed by atoms with Gasteiger partial charge in [0.2, 0.25) is 11.8 Å². The van der Waals surface area contributed by atoms with Crippen LogP contribution >= 0.6 is 0 Å². The van der Waals surface area contributed by atoms with Crippen LogP contribution in [0, 0.1) is 5.92 Å². The number of para-hydroxylation sites is 1. The number of nitrogens with one attached hydrogen (secondary N) is 1. The van der Waals surface area contributed by atoms with Crippen molar-refractivity contribution in [2.24, 2.45) is 5.92 Å². The SMILES string of the molecule is COCCN(C(=O)Cn1nnc2ccccc21)[C@H](C(=O)NCCC(C)C)c1cccc(OC)c1. The third kappa shape index (κ3) is 6.32. The van der Waals surface area contributed by atoms with Crippen LogP contribution in [-0.4, -0.2) is 65.6 Å². The van der Waals surface area contributed by atoms with E-state index in [0.717, 1.165) is 11.9 Å². The number of hydrogen-bond donors (Lipinski definition) is 1. The largest absolute Gasteiger partial charge is 0.497 e. The Morgan fingerprint density at radius 2 is 1.91 bits per heavy atom. The topological polar surface area (TPSA) is 98.6 Å². The van der Waals surface area contributed by atoms with Gasteiger partial charge in [-0.3, -0.25) is 9.59 Å². The maximum Gasteiger partial charge on any atom is 0.247 e. The lowest BCUT2D eigenvalue weighted by Gasteiger charge is -2.31. The summed E-state index contributed by atoms with van der Waals surface area (Å²) in [7, 11) is 3.14. The second kappa shape index (κ2) is 12.1. The maximum absolute atomic E-state index is 13.6. The molecule has 182 valence electrons. The highest BCUT2D eigenvalue weighted by Crippen LogP contribution is 2.26. The Hall–Kier alpha value is -3.46. The lowest BCUT2D eigenvalue weighted by atomic mass is 10.0. The van der Waals surface area contributed by atoms with Crippen LogP contribution in [0.5, 0.6) is 5.75 Å². The predicted octanol–water partition coefficient (Wildman–Crippen LogP) is 2.82. The van der Waals surface area contributed by atoms with Crippen molar-refractivity contribution in [2.75, 3.05) is 33.9 Å². The Morgan fingerprint density at radius 3 is 2.65 bits per heavy atom. The molecule has 0 radical (unpaired) electrons. The zero-order valence-corrected chi connectivity index (χ0v) is 20.2. The van der Waals surface area contributed by atoms with Crippen LogP contribution < -0.4 is 10.1 Å². The summed E-state index contributed by atoms with van der Waals surface area (Å²) in [5, 5.41) is 11.3. The molecule has 2 amide bonds. The van der Waals surface area contributed by atoms with E-state index in [1.54, 1.807) is 35.9 Å². The summed E-state index contributed by atoms with van der Waals surface area (Å²) in [5.74, 6) is 0.544. The van der Waals surface area contributed by atoms with Gasteiger partial charge in [0, 0.05) is 20.2 Å². The molecular weight excluding hydrogens is 434 g/mol. The summed E-state index contributed by atoms with van der Waals surface area (Å²) < 4.78 is 12.2. The minimum atomic E-state index is -0.848. The molecule has 0 spiro atoms. The van der Waals surface area contributed by atoms with Gasteiger partial charge in [0.25, 0.3) is 0 Å². The molecule has 34 heavy (non-hydrogen) atoms. The van der Waals surface area contributed by atoms with Gasteiger partial charge in [-0.05, 0) is 42.2 Å². The second-order valence-corrected chi connectivity index (χ2v) is 8.47. The average Bonchev–Trinajstić information content (AvgIpc) is 3.24. The molecule has 1 N–H and O–H groups in total. The summed E-state index contributed by atoms with van der Waals surface area (Å²) in [6.07, 6.45) is 0.841. The molecule has 0 fully saturated rings. The molecule has 0 bridgehead atoms. The van der Waals surface area contributed by atoms with Crippen molar-refractivity contribution in [3.05, 3.63) is 54.1 Å². The molecular formula is C25H33N5O4. The normalized spacial score (nSPS) is 12.0. The quantitative estimate of drug-likeness (QED) is 0.440. The van der Waals surface area contributed by atoms with Crippen LogP contribution in [0.2, 0.25) is 0 Å². The van der Waals surface area contributed by atoms with Gasteiger partial charge in [-0.25, -0.2) is 4.68 Å². The summed E-state index contributed by atoms with van der Waals surface area (Å²) in [4.78, 5) is 28.6. The van der Waals surface area contributed by atoms with Gasteiger partial charge in [-0.15, -0.1) is 5.10 Å². The van der Waals surface area contributed by atoms with Crippen molar-refractivity contribution in [1.82, 2.24) is 25.2 Å². The molecule has 9 heteroatoms. The van der Waals surface area contributed by atoms with Crippen LogP contribution in [0.4, 0.5) is 0 Å². The Labute approximate surface area is 200 Å². The fourth-order valence-corrected chi connectivity index (χ4v) is 3.71. The first-order chi connectivity index (χ1) is 16.4. The van der Waals surface area contributed by atoms with Gasteiger partial charge in [0.15, 0.2) is 0 Å². The molecule has 0 unspecified atom stereocenters. The number of methoxy groups -OCH3 is 2. The number of benzene rings is 2. The van der Waals surface area contributed by atoms with Crippen LogP contribution in [-0.2, 0) is 20.9 Å². The van der Waals surface area contributed by atoms with Gasteiger partial charge < -0.3 is 19.7 Å². The van der Waals surface area contributed by atoms with Crippen LogP contribution in [0.15, 0.2) is 48.5 Å². The fourth-order valence-electron chi connectivity index (χ4n) is 3.71. The zero-order chi connectivity index (χ0) is 24.5. The van der Waals surface area contributed by atoms with Gasteiger partial charge in [-0.2, -0.15) is 0 Å². The standard InChI is InChI=1S/C25H33N5O4/c1-18(2)12-13-26-25(32)24(19-8-7-9-20(16-19)34-4)29(14-15-33-3)23(31)17-30-22-11-6-5-10-21(22)27-28-30/h5-11,16,18,24H,12-15,17H2,1-4H3,(H,26,32)/t24-/m0/s1. The highest BCUT2D eigenvalue weighted by Gasteiger charge is 2.32. The fraction of sp³-hybridized carbons (Fsp3) is 0.440. The van der Waals surface area contributed by atoms with Crippen molar-refractivity contribution >= 4 is 22.8 Å². The molecule has 0 aliphatic rings. The van der Waals surface area contributed by atoms with Crippen molar-refractivity contribution in [3.8, 4) is 5.75 Å². The van der Waals surface area contributed by atoms with E-state index in [9.17, 15) is 9.59 Å². The summed E-state index contributed by atoms with van der Waals surface area (Å²) in [5.41, 5.74) is 2.12. The zero-order valence-electron chi connectivity index (χ0n) is 20.2. The summed E-state index contributed by atoms with van der Waals surface area (Å²) >= 11 is 0. The molecule has 3 aromatic rings. The number of carbonyl (C=O) groups is 2. The third-order valence-electron chi connectivity index (χ3n) is 5.55. The maximum atomic E-state index is 13.6. The number of aromatic nitrogens is 3. The van der Waals surface area contributed by atoms with Crippen molar-refractivity contribution < 1.29 is 19.1 Å². The van der Waals surface area contributed by atoms with E-state index in [-0.39, 0.29) is 31.5 Å². The summed E-state index contributed by atoms with van der Waals surface area (Å²) in [6, 6.07) is 13.8. The minimum Gasteiger partial charge on any atom is -0.497 e. The highest BCUT2D eigenvalue weighted by atomic mass is 16.5. The van der Waals surface area contributed by atoms with E-state index in [0.29, 0.717) is 29.3 Å². The number of nitrogens with zero attached hydrogens (tertiary/aromatic N) is 4. The Kier molecular flexibility index (Phi) is 8.98. The van der Waals surface area contributed by atoms with Crippen molar-refractivity contribution in [2.45, 2.75) is 32.9 Å². The molecule has 1 atom stereocenters. The third-order valence-corrected chi connectivity index (χ3v) is 5.55. The molecule has 0 saturated carbocycles. The second-order valence-electron chi connectivity index (χ2n) is 8.47. The van der Waals surface area contributed by atoms with Gasteiger partial charge >= 0.3 is 0 Å². The first-order valence-electron chi connectivity index (χ1n) is 11.4. The van der Waals surface area contributed by atoms with Crippen LogP contribution in [0.1, 0.15) is 31.9 Å². The Balaban J connectivity index is 1.94. The van der Waals surface area contributed by atoms with Gasteiger partial charge in [0.1, 0.15) is 23.9 Å². The Bertz CT molecular complexity index is 1100. The molecule has 1 heterocycles. The first kappa shape index (κ1) is 25.2. The molecule has 3 rings (SSSR count). The molecule has 1 aromatic heterocycles. The number of ether oxygens (including phenoxy) is 2. The molecule has 2 aromatic carbocycles. The van der Waals surface area contributed by atoms with Gasteiger partial charge in [-0.1, -0.05) is 43.3 Å². The highest BCUT2D eigenvalue weighted by molar-refractivity contribution is 5.89. The van der Waals surface area contributed by atoms with Crippen molar-refractivity contribution in [3.63, 3.8) is 0 Å². The number of fused-ring (bicyclic) bond motifs is 1. The van der Waals surface area contributed by atoms with E-state index in [1.807, 2.05) is 36.4 Å². The lowest BCUT2D eigenvalue weighted by Crippen LogP contribution is -2.46. The number of amides is 2. The first-order valence-corrected chi connectivity index (χ1v) is 11.4. The number of carbonyl (C=O) groups excluding carboxylic acids is 2. The van der Waals surface area contributed by atoms with Crippen molar-refractivity contribution in [1.29, 1.82) is 0 Å². The van der Waals surface area contributed by atoms with E-state index in [4.69, 9.17) is 9.47 Å². The van der Waals surface area contributed by atoms with Crippen LogP contribution in [0.3, 0.4) is 0 Å². The molecule has 0 aliphatic carbocycles. The lowest BCUT2D eigenvalue weighted by molar-refractivity contribution is -0.142. The Morgan fingerprint density at radius 1 is 1.12 bits per heavy atom. The van der Waals surface area contributed by atoms with Gasteiger partial charge in [0.05, 0.1) is 19.2 Å². The molecule has 0 saturated heterocycles. The monoisotopic (exact) mass is 467 g/mol.